The molecule has 4 rings (SSSR count). The average Bonchev–Trinajstić information content (AvgIpc) is 2.84. The molecule has 0 aromatic heterocycles. The van der Waals surface area contributed by atoms with E-state index in [1.54, 1.807) is 0 Å². The zero-order valence-corrected chi connectivity index (χ0v) is 14.7. The van der Waals surface area contributed by atoms with Gasteiger partial charge in [0.2, 0.25) is 0 Å². The highest BCUT2D eigenvalue weighted by atomic mass is 16.3. The van der Waals surface area contributed by atoms with Crippen molar-refractivity contribution >= 4 is 0 Å². The number of nitrogens with zero attached hydrogens (tertiary/aromatic N) is 2. The monoisotopic (exact) mass is 318 g/mol. The zero-order valence-electron chi connectivity index (χ0n) is 14.7. The van der Waals surface area contributed by atoms with E-state index in [-0.39, 0.29) is 11.5 Å². The Morgan fingerprint density at radius 3 is 2.48 bits per heavy atom. The van der Waals surface area contributed by atoms with Gasteiger partial charge in [-0.2, -0.15) is 0 Å². The van der Waals surface area contributed by atoms with Crippen molar-refractivity contribution < 1.29 is 5.11 Å². The van der Waals surface area contributed by atoms with Gasteiger partial charge in [-0.15, -0.1) is 0 Å². The van der Waals surface area contributed by atoms with Crippen LogP contribution in [0.3, 0.4) is 0 Å². The largest absolute Gasteiger partial charge is 0.411 e. The first-order chi connectivity index (χ1) is 11.0. The van der Waals surface area contributed by atoms with E-state index in [9.17, 15) is 5.11 Å². The van der Waals surface area contributed by atoms with Gasteiger partial charge in [0.1, 0.15) is 0 Å². The van der Waals surface area contributed by atoms with Crippen LogP contribution >= 0.6 is 0 Å². The van der Waals surface area contributed by atoms with E-state index in [0.717, 1.165) is 42.9 Å². The summed E-state index contributed by atoms with van der Waals surface area (Å²) in [4.78, 5) is 0. The molecule has 4 fully saturated rings. The van der Waals surface area contributed by atoms with Crippen molar-refractivity contribution in [1.82, 2.24) is 5.43 Å². The third-order valence-electron chi connectivity index (χ3n) is 8.86. The van der Waals surface area contributed by atoms with Gasteiger partial charge in [-0.3, -0.25) is 5.22 Å². The Labute approximate surface area is 140 Å². The molecule has 130 valence electrons. The lowest BCUT2D eigenvalue weighted by Gasteiger charge is -2.61. The van der Waals surface area contributed by atoms with Crippen molar-refractivity contribution in [3.63, 3.8) is 0 Å². The first-order valence-corrected chi connectivity index (χ1v) is 9.76. The molecule has 4 aliphatic carbocycles. The molecule has 0 spiro atoms. The lowest BCUT2D eigenvalue weighted by Crippen LogP contribution is -2.55. The summed E-state index contributed by atoms with van der Waals surface area (Å²) in [5.41, 5.74) is 12.4. The molecular formula is C19H32N3O-. The molecule has 0 bridgehead atoms. The summed E-state index contributed by atoms with van der Waals surface area (Å²) in [6.45, 7) is 4.92. The van der Waals surface area contributed by atoms with Crippen LogP contribution in [0.5, 0.6) is 0 Å². The van der Waals surface area contributed by atoms with Crippen molar-refractivity contribution in [1.29, 1.82) is 0 Å². The smallest absolute Gasteiger partial charge is 0.0596 e. The number of hydrogen-bond acceptors (Lipinski definition) is 2. The molecule has 0 saturated heterocycles. The van der Waals surface area contributed by atoms with Gasteiger partial charge in [-0.05, 0) is 98.3 Å². The van der Waals surface area contributed by atoms with Gasteiger partial charge >= 0.3 is 0 Å². The van der Waals surface area contributed by atoms with Gasteiger partial charge < -0.3 is 16.1 Å². The Morgan fingerprint density at radius 1 is 0.957 bits per heavy atom. The molecule has 0 aromatic rings. The van der Waals surface area contributed by atoms with Crippen LogP contribution in [0.2, 0.25) is 0 Å². The van der Waals surface area contributed by atoms with Crippen LogP contribution in [0, 0.1) is 34.5 Å². The van der Waals surface area contributed by atoms with Crippen molar-refractivity contribution in [2.75, 3.05) is 0 Å². The molecule has 2 N–H and O–H groups in total. The van der Waals surface area contributed by atoms with Gasteiger partial charge in [-0.25, -0.2) is 0 Å². The topological polar surface area (TPSA) is 66.9 Å². The summed E-state index contributed by atoms with van der Waals surface area (Å²) < 4.78 is 0. The number of hydrogen-bond donors (Lipinski definition) is 2. The van der Waals surface area contributed by atoms with E-state index in [0.29, 0.717) is 11.5 Å². The summed E-state index contributed by atoms with van der Waals surface area (Å²) >= 11 is 0. The fraction of sp³-hybridized carbons (Fsp3) is 1.00. The summed E-state index contributed by atoms with van der Waals surface area (Å²) in [6, 6.07) is 0.358. The molecule has 23 heavy (non-hydrogen) atoms. The number of nitrogens with one attached hydrogen (secondary N) is 1. The Morgan fingerprint density at radius 2 is 1.70 bits per heavy atom. The average molecular weight is 318 g/mol. The third kappa shape index (κ3) is 2.20. The van der Waals surface area contributed by atoms with E-state index in [4.69, 9.17) is 5.53 Å². The molecule has 8 atom stereocenters. The molecule has 0 heterocycles. The highest BCUT2D eigenvalue weighted by molar-refractivity contribution is 5.09. The maximum atomic E-state index is 10.5. The van der Waals surface area contributed by atoms with Crippen LogP contribution in [0.1, 0.15) is 71.6 Å². The van der Waals surface area contributed by atoms with Crippen LogP contribution < -0.4 is 5.43 Å². The summed E-state index contributed by atoms with van der Waals surface area (Å²) in [7, 11) is 0. The van der Waals surface area contributed by atoms with E-state index in [1.807, 2.05) is 0 Å². The summed E-state index contributed by atoms with van der Waals surface area (Å²) in [5, 5.41) is 13.7. The number of aliphatic hydroxyl groups is 1. The van der Waals surface area contributed by atoms with E-state index in [1.165, 1.54) is 38.5 Å². The number of fused-ring (bicyclic) bond motifs is 5. The highest BCUT2D eigenvalue weighted by Gasteiger charge is 2.59. The first-order valence-electron chi connectivity index (χ1n) is 9.76. The van der Waals surface area contributed by atoms with Crippen LogP contribution in [-0.2, 0) is 0 Å². The molecular weight excluding hydrogens is 286 g/mol. The molecule has 4 aliphatic rings. The minimum Gasteiger partial charge on any atom is -0.411 e. The Kier molecular flexibility index (Phi) is 3.75. The van der Waals surface area contributed by atoms with E-state index < -0.39 is 0 Å². The van der Waals surface area contributed by atoms with Crippen molar-refractivity contribution in [2.45, 2.75) is 83.8 Å². The van der Waals surface area contributed by atoms with Crippen LogP contribution in [0.15, 0.2) is 5.22 Å². The van der Waals surface area contributed by atoms with Gasteiger partial charge in [0.15, 0.2) is 0 Å². The first kappa shape index (κ1) is 15.9. The molecule has 4 nitrogen and oxygen atoms in total. The summed E-state index contributed by atoms with van der Waals surface area (Å²) in [6.07, 6.45) is 11.0. The maximum absolute atomic E-state index is 10.5. The molecule has 0 amide bonds. The molecule has 0 aromatic carbocycles. The lowest BCUT2D eigenvalue weighted by atomic mass is 9.45. The van der Waals surface area contributed by atoms with Gasteiger partial charge in [-0.1, -0.05) is 13.8 Å². The van der Waals surface area contributed by atoms with Gasteiger partial charge in [0.25, 0.3) is 0 Å². The van der Waals surface area contributed by atoms with Gasteiger partial charge in [0.05, 0.1) is 6.10 Å². The SMILES string of the molecule is C[C@]12CC[C@@H](NN=[N-])C[C@@H]1CC[C@@H]1[C@H]2CC[C@]2(C)[C@H](O)CC[C@H]12. The Hall–Kier alpha value is -0.640. The van der Waals surface area contributed by atoms with Crippen LogP contribution in [-0.4, -0.2) is 17.3 Å². The van der Waals surface area contributed by atoms with Gasteiger partial charge in [0, 0.05) is 0 Å². The second-order valence-electron chi connectivity index (χ2n) is 9.49. The normalized spacial score (nSPS) is 55.4. The van der Waals surface area contributed by atoms with Crippen molar-refractivity contribution in [2.24, 2.45) is 39.7 Å². The van der Waals surface area contributed by atoms with Crippen molar-refractivity contribution in [3.8, 4) is 0 Å². The molecule has 0 radical (unpaired) electrons. The van der Waals surface area contributed by atoms with E-state index >= 15 is 0 Å². The number of aliphatic hydroxyl groups excluding tert-OH is 1. The zero-order chi connectivity index (χ0) is 16.2. The molecule has 0 unspecified atom stereocenters. The minimum atomic E-state index is -0.0647. The predicted molar refractivity (Wildman–Crippen MR) is 90.4 cm³/mol. The van der Waals surface area contributed by atoms with E-state index in [2.05, 4.69) is 24.5 Å². The maximum Gasteiger partial charge on any atom is 0.0596 e. The fourth-order valence-corrected chi connectivity index (χ4v) is 7.43. The Balaban J connectivity index is 1.56. The second kappa shape index (κ2) is 5.44. The molecule has 4 heteroatoms. The summed E-state index contributed by atoms with van der Waals surface area (Å²) in [5.74, 6) is 3.19. The molecule has 0 aliphatic heterocycles. The van der Waals surface area contributed by atoms with Crippen LogP contribution in [0.4, 0.5) is 0 Å². The minimum absolute atomic E-state index is 0.0647. The quantitative estimate of drug-likeness (QED) is 0.589. The van der Waals surface area contributed by atoms with Crippen LogP contribution in [0.25, 0.3) is 5.53 Å². The lowest BCUT2D eigenvalue weighted by molar-refractivity contribution is -0.123. The Bertz CT molecular complexity index is 483. The highest BCUT2D eigenvalue weighted by Crippen LogP contribution is 2.66. The number of rotatable bonds is 2. The molecule has 4 saturated carbocycles. The fourth-order valence-electron chi connectivity index (χ4n) is 7.43. The predicted octanol–water partition coefficient (Wildman–Crippen LogP) is 4.28. The van der Waals surface area contributed by atoms with Crippen molar-refractivity contribution in [3.05, 3.63) is 5.53 Å². The third-order valence-corrected chi connectivity index (χ3v) is 8.86. The second-order valence-corrected chi connectivity index (χ2v) is 9.49. The standard InChI is InChI=1S/C19H32N3O/c1-18-9-7-13(21-22-20)11-12(18)3-4-14-15-5-6-17(23)19(15,2)10-8-16(14)18/h12-17,23H,3-11H2,1-2H3,(H-,20,21)/q-1/t12-,13+,14-,15+,16+,17+,18-,19-/m0/s1.